The number of carbonyl (C=O) groups is 2. The summed E-state index contributed by atoms with van der Waals surface area (Å²) in [4.78, 5) is 24.6. The van der Waals surface area contributed by atoms with Crippen LogP contribution in [-0.2, 0) is 11.2 Å². The van der Waals surface area contributed by atoms with Gasteiger partial charge in [0.2, 0.25) is 5.91 Å². The second kappa shape index (κ2) is 14.6. The fourth-order valence-corrected chi connectivity index (χ4v) is 5.87. The number of nitrogens with one attached hydrogen (secondary N) is 2. The molecule has 0 aromatic heterocycles. The third-order valence-electron chi connectivity index (χ3n) is 7.30. The lowest BCUT2D eigenvalue weighted by molar-refractivity contribution is -0.274. The van der Waals surface area contributed by atoms with Gasteiger partial charge >= 0.3 is 12.3 Å². The first-order chi connectivity index (χ1) is 22.1. The minimum Gasteiger partial charge on any atom is -0.492 e. The topological polar surface area (TPSA) is 106 Å². The van der Waals surface area contributed by atoms with Crippen molar-refractivity contribution >= 4 is 29.5 Å². The van der Waals surface area contributed by atoms with Crippen molar-refractivity contribution in [3.05, 3.63) is 108 Å². The van der Waals surface area contributed by atoms with Crippen LogP contribution >= 0.6 is 11.9 Å². The summed E-state index contributed by atoms with van der Waals surface area (Å²) in [6.07, 6.45) is -0.753. The predicted octanol–water partition coefficient (Wildman–Crippen LogP) is 8.25. The zero-order valence-corrected chi connectivity index (χ0v) is 25.3. The van der Waals surface area contributed by atoms with Gasteiger partial charge < -0.3 is 24.6 Å². The number of aromatic carboxylic acids is 1. The zero-order valence-electron chi connectivity index (χ0n) is 24.5. The number of rotatable bonds is 13. The van der Waals surface area contributed by atoms with Gasteiger partial charge in [-0.3, -0.25) is 9.52 Å². The van der Waals surface area contributed by atoms with Crippen molar-refractivity contribution in [1.29, 1.82) is 0 Å². The second-order valence-electron chi connectivity index (χ2n) is 10.8. The summed E-state index contributed by atoms with van der Waals surface area (Å²) in [6, 6.07) is 26.2. The van der Waals surface area contributed by atoms with E-state index in [1.165, 1.54) is 30.1 Å². The van der Waals surface area contributed by atoms with Crippen molar-refractivity contribution in [2.75, 3.05) is 11.9 Å². The number of hydrogen-bond acceptors (Lipinski definition) is 7. The Hall–Kier alpha value is -4.68. The highest BCUT2D eigenvalue weighted by Crippen LogP contribution is 2.35. The van der Waals surface area contributed by atoms with Crippen LogP contribution in [0.5, 0.6) is 23.0 Å². The summed E-state index contributed by atoms with van der Waals surface area (Å²) in [5, 5.41) is 11.9. The minimum atomic E-state index is -4.73. The number of hydrogen-bond donors (Lipinski definition) is 3. The monoisotopic (exact) mass is 652 g/mol. The number of amides is 1. The quantitative estimate of drug-likeness (QED) is 0.124. The molecule has 0 atom stereocenters. The summed E-state index contributed by atoms with van der Waals surface area (Å²) in [5.41, 5.74) is 0.726. The smallest absolute Gasteiger partial charge is 0.492 e. The van der Waals surface area contributed by atoms with Crippen LogP contribution in [0.1, 0.15) is 41.6 Å². The summed E-state index contributed by atoms with van der Waals surface area (Å²) < 4.78 is 56.8. The fourth-order valence-electron chi connectivity index (χ4n) is 5.00. The largest absolute Gasteiger partial charge is 0.573 e. The average Bonchev–Trinajstić information content (AvgIpc) is 3.50. The van der Waals surface area contributed by atoms with Crippen LogP contribution < -0.4 is 24.2 Å². The molecule has 240 valence electrons. The van der Waals surface area contributed by atoms with Crippen molar-refractivity contribution in [2.24, 2.45) is 0 Å². The highest BCUT2D eigenvalue weighted by molar-refractivity contribution is 7.97. The van der Waals surface area contributed by atoms with Crippen molar-refractivity contribution in [3.8, 4) is 23.0 Å². The molecule has 3 N–H and O–H groups in total. The molecule has 1 saturated carbocycles. The first kappa shape index (κ1) is 32.7. The number of carboxylic acid groups (broad SMARTS) is 1. The minimum absolute atomic E-state index is 0.0235. The van der Waals surface area contributed by atoms with Crippen LogP contribution in [0.2, 0.25) is 0 Å². The van der Waals surface area contributed by atoms with Gasteiger partial charge in [0.15, 0.2) is 0 Å². The molecule has 5 rings (SSSR count). The van der Waals surface area contributed by atoms with Crippen molar-refractivity contribution in [3.63, 3.8) is 0 Å². The van der Waals surface area contributed by atoms with Crippen LogP contribution in [0.3, 0.4) is 0 Å². The van der Waals surface area contributed by atoms with Gasteiger partial charge in [0.25, 0.3) is 0 Å². The maximum absolute atomic E-state index is 12.5. The molecule has 46 heavy (non-hydrogen) atoms. The van der Waals surface area contributed by atoms with E-state index in [-0.39, 0.29) is 34.9 Å². The molecule has 1 amide bonds. The van der Waals surface area contributed by atoms with E-state index in [4.69, 9.17) is 9.47 Å². The van der Waals surface area contributed by atoms with Gasteiger partial charge in [-0.25, -0.2) is 4.79 Å². The Morgan fingerprint density at radius 1 is 0.804 bits per heavy atom. The van der Waals surface area contributed by atoms with E-state index in [0.29, 0.717) is 23.9 Å². The van der Waals surface area contributed by atoms with Gasteiger partial charge in [0, 0.05) is 4.90 Å². The zero-order chi connectivity index (χ0) is 32.6. The molecule has 4 aromatic carbocycles. The molecule has 1 aliphatic carbocycles. The molecule has 0 spiro atoms. The highest BCUT2D eigenvalue weighted by atomic mass is 32.2. The van der Waals surface area contributed by atoms with Gasteiger partial charge in [0.05, 0.1) is 23.2 Å². The van der Waals surface area contributed by atoms with Gasteiger partial charge in [-0.2, -0.15) is 0 Å². The van der Waals surface area contributed by atoms with E-state index in [1.54, 1.807) is 66.7 Å². The van der Waals surface area contributed by atoms with Crippen LogP contribution in [0.25, 0.3) is 0 Å². The molecule has 4 aromatic rings. The SMILES string of the molecule is O=C(Cc1ccc(Oc2ccc(OCC3(NSc4ccc(OC(F)(F)F)cc4)CCCC3)cc2)cc1)Nc1ccccc1C(=O)O. The van der Waals surface area contributed by atoms with Crippen LogP contribution in [0.15, 0.2) is 102 Å². The first-order valence-electron chi connectivity index (χ1n) is 14.5. The number of para-hydroxylation sites is 1. The third kappa shape index (κ3) is 9.41. The van der Waals surface area contributed by atoms with Crippen molar-refractivity contribution in [2.45, 2.75) is 48.9 Å². The highest BCUT2D eigenvalue weighted by Gasteiger charge is 2.35. The molecular formula is C34H31F3N2O6S. The molecule has 0 heterocycles. The van der Waals surface area contributed by atoms with E-state index in [9.17, 15) is 27.9 Å². The van der Waals surface area contributed by atoms with E-state index in [0.717, 1.165) is 36.1 Å². The number of carboxylic acids is 1. The number of ether oxygens (including phenoxy) is 3. The lowest BCUT2D eigenvalue weighted by Gasteiger charge is -2.29. The third-order valence-corrected chi connectivity index (χ3v) is 8.34. The Balaban J connectivity index is 1.10. The molecule has 0 unspecified atom stereocenters. The number of benzene rings is 4. The summed E-state index contributed by atoms with van der Waals surface area (Å²) in [5.74, 6) is 0.144. The van der Waals surface area contributed by atoms with E-state index in [2.05, 4.69) is 14.8 Å². The lowest BCUT2D eigenvalue weighted by atomic mass is 10.0. The molecular weight excluding hydrogens is 621 g/mol. The molecule has 0 bridgehead atoms. The lowest BCUT2D eigenvalue weighted by Crippen LogP contribution is -2.44. The van der Waals surface area contributed by atoms with E-state index in [1.807, 2.05) is 12.1 Å². The Kier molecular flexibility index (Phi) is 10.4. The number of halogens is 3. The number of alkyl halides is 3. The molecule has 0 aliphatic heterocycles. The Morgan fingerprint density at radius 3 is 2.02 bits per heavy atom. The number of anilines is 1. The van der Waals surface area contributed by atoms with Gasteiger partial charge in [-0.1, -0.05) is 37.1 Å². The molecule has 0 saturated heterocycles. The molecule has 1 fully saturated rings. The van der Waals surface area contributed by atoms with Gasteiger partial charge in [-0.05, 0) is 103 Å². The van der Waals surface area contributed by atoms with Crippen LogP contribution in [0, 0.1) is 0 Å². The Morgan fingerprint density at radius 2 is 1.39 bits per heavy atom. The summed E-state index contributed by atoms with van der Waals surface area (Å²) in [6.45, 7) is 0.423. The molecule has 8 nitrogen and oxygen atoms in total. The number of carbonyl (C=O) groups excluding carboxylic acids is 1. The van der Waals surface area contributed by atoms with E-state index >= 15 is 0 Å². The molecule has 12 heteroatoms. The Bertz CT molecular complexity index is 1620. The van der Waals surface area contributed by atoms with E-state index < -0.39 is 12.3 Å². The van der Waals surface area contributed by atoms with Crippen molar-refractivity contribution in [1.82, 2.24) is 4.72 Å². The van der Waals surface area contributed by atoms with Crippen LogP contribution in [-0.4, -0.2) is 35.5 Å². The van der Waals surface area contributed by atoms with Crippen molar-refractivity contribution < 1.29 is 42.1 Å². The molecule has 1 aliphatic rings. The van der Waals surface area contributed by atoms with Gasteiger partial charge in [0.1, 0.15) is 29.6 Å². The fraction of sp³-hybridized carbons (Fsp3) is 0.235. The maximum Gasteiger partial charge on any atom is 0.573 e. The molecule has 0 radical (unpaired) electrons. The standard InChI is InChI=1S/C34H31F3N2O6S/c35-34(36,37)45-27-15-17-28(18-16-27)46-39-33(19-3-4-20-33)22-43-24-11-13-26(14-12-24)44-25-9-7-23(8-10-25)21-31(40)38-30-6-2-1-5-29(30)32(41)42/h1-2,5-18,39H,3-4,19-22H2,(H,38,40)(H,41,42). The normalized spacial score (nSPS) is 14.0. The second-order valence-corrected chi connectivity index (χ2v) is 11.7. The predicted molar refractivity (Wildman–Crippen MR) is 168 cm³/mol. The maximum atomic E-state index is 12.5. The Labute approximate surface area is 268 Å². The van der Waals surface area contributed by atoms with Gasteiger partial charge in [-0.15, -0.1) is 13.2 Å². The first-order valence-corrected chi connectivity index (χ1v) is 15.3. The van der Waals surface area contributed by atoms with Crippen LogP contribution in [0.4, 0.5) is 18.9 Å². The summed E-state index contributed by atoms with van der Waals surface area (Å²) >= 11 is 1.36. The average molecular weight is 653 g/mol. The summed E-state index contributed by atoms with van der Waals surface area (Å²) in [7, 11) is 0.